The van der Waals surface area contributed by atoms with E-state index in [9.17, 15) is 8.42 Å². The maximum absolute atomic E-state index is 12.9. The van der Waals surface area contributed by atoms with Gasteiger partial charge in [0.2, 0.25) is 10.0 Å². The molecule has 23 heavy (non-hydrogen) atoms. The van der Waals surface area contributed by atoms with Crippen molar-refractivity contribution in [2.24, 2.45) is 0 Å². The Kier molecular flexibility index (Phi) is 6.38. The molecule has 0 aliphatic carbocycles. The lowest BCUT2D eigenvalue weighted by Crippen LogP contribution is -2.34. The summed E-state index contributed by atoms with van der Waals surface area (Å²) in [5, 5.41) is 0. The van der Waals surface area contributed by atoms with Crippen LogP contribution in [0.4, 0.5) is 0 Å². The third-order valence-electron chi connectivity index (χ3n) is 3.54. The molecule has 5 heteroatoms. The zero-order valence-corrected chi connectivity index (χ0v) is 16.0. The first-order valence-corrected chi connectivity index (χ1v) is 10.3. The highest BCUT2D eigenvalue weighted by atomic mass is 127. The lowest BCUT2D eigenvalue weighted by molar-refractivity contribution is 0.468. The molecule has 2 aromatic rings. The van der Waals surface area contributed by atoms with Crippen LogP contribution < -0.4 is 0 Å². The Morgan fingerprint density at radius 2 is 1.70 bits per heavy atom. The van der Waals surface area contributed by atoms with Crippen LogP contribution in [0.1, 0.15) is 11.1 Å². The monoisotopic (exact) mass is 441 g/mol. The van der Waals surface area contributed by atoms with Crippen molar-refractivity contribution in [2.45, 2.75) is 11.8 Å². The summed E-state index contributed by atoms with van der Waals surface area (Å²) in [6, 6.07) is 16.7. The first kappa shape index (κ1) is 18.2. The van der Waals surface area contributed by atoms with Crippen LogP contribution in [0.3, 0.4) is 0 Å². The topological polar surface area (TPSA) is 37.4 Å². The van der Waals surface area contributed by atoms with Crippen molar-refractivity contribution >= 4 is 38.2 Å². The number of nitrogens with zero attached hydrogens (tertiary/aromatic N) is 1. The molecule has 0 N–H and O–H groups in total. The number of rotatable bonds is 7. The van der Waals surface area contributed by atoms with Gasteiger partial charge in [0.1, 0.15) is 0 Å². The van der Waals surface area contributed by atoms with Crippen molar-refractivity contribution < 1.29 is 8.42 Å². The molecule has 0 saturated heterocycles. The zero-order valence-electron chi connectivity index (χ0n) is 13.1. The van der Waals surface area contributed by atoms with Crippen molar-refractivity contribution in [2.75, 3.05) is 17.5 Å². The van der Waals surface area contributed by atoms with Gasteiger partial charge in [0.05, 0.1) is 4.90 Å². The van der Waals surface area contributed by atoms with E-state index in [1.165, 1.54) is 4.31 Å². The SMILES string of the molecule is C=C(CN(CCI)S(=O)(=O)c1ccc(C)cc1)c1ccccc1. The summed E-state index contributed by atoms with van der Waals surface area (Å²) in [5.41, 5.74) is 2.80. The molecule has 0 spiro atoms. The van der Waals surface area contributed by atoms with Crippen molar-refractivity contribution in [1.29, 1.82) is 0 Å². The molecular weight excluding hydrogens is 421 g/mol. The van der Waals surface area contributed by atoms with Gasteiger partial charge in [0.25, 0.3) is 0 Å². The standard InChI is InChI=1S/C18H20INO2S/c1-15-8-10-18(11-9-15)23(21,22)20(13-12-19)14-16(2)17-6-4-3-5-7-17/h3-11H,2,12-14H2,1H3. The van der Waals surface area contributed by atoms with E-state index in [1.54, 1.807) is 12.1 Å². The minimum absolute atomic E-state index is 0.295. The van der Waals surface area contributed by atoms with Crippen LogP contribution in [0.25, 0.3) is 5.57 Å². The molecule has 2 aromatic carbocycles. The number of benzene rings is 2. The molecule has 0 radical (unpaired) electrons. The number of halogens is 1. The van der Waals surface area contributed by atoms with E-state index in [-0.39, 0.29) is 0 Å². The highest BCUT2D eigenvalue weighted by Crippen LogP contribution is 2.21. The van der Waals surface area contributed by atoms with Gasteiger partial charge in [-0.1, -0.05) is 77.2 Å². The fourth-order valence-corrected chi connectivity index (χ4v) is 4.56. The number of sulfonamides is 1. The minimum atomic E-state index is -3.52. The van der Waals surface area contributed by atoms with Crippen LogP contribution in [0.5, 0.6) is 0 Å². The van der Waals surface area contributed by atoms with Crippen molar-refractivity contribution in [3.63, 3.8) is 0 Å². The highest BCUT2D eigenvalue weighted by Gasteiger charge is 2.24. The summed E-state index contributed by atoms with van der Waals surface area (Å²) < 4.78 is 28.0. The second-order valence-corrected chi connectivity index (χ2v) is 8.33. The Balaban J connectivity index is 2.27. The van der Waals surface area contributed by atoms with E-state index in [0.29, 0.717) is 18.0 Å². The predicted octanol–water partition coefficient (Wildman–Crippen LogP) is 4.13. The fraction of sp³-hybridized carbons (Fsp3) is 0.222. The van der Waals surface area contributed by atoms with Gasteiger partial charge in [-0.05, 0) is 30.2 Å². The van der Waals surface area contributed by atoms with Crippen LogP contribution in [0.2, 0.25) is 0 Å². The summed E-state index contributed by atoms with van der Waals surface area (Å²) in [7, 11) is -3.52. The molecule has 0 unspecified atom stereocenters. The molecule has 0 heterocycles. The Hall–Kier alpha value is -1.18. The number of alkyl halides is 1. The average Bonchev–Trinajstić information content (AvgIpc) is 2.55. The van der Waals surface area contributed by atoms with Crippen molar-refractivity contribution in [3.8, 4) is 0 Å². The Morgan fingerprint density at radius 3 is 2.26 bits per heavy atom. The molecule has 0 saturated carbocycles. The molecule has 0 aliphatic heterocycles. The van der Waals surface area contributed by atoms with Crippen LogP contribution in [0, 0.1) is 6.92 Å². The lowest BCUT2D eigenvalue weighted by Gasteiger charge is -2.22. The summed E-state index contributed by atoms with van der Waals surface area (Å²) in [4.78, 5) is 0.328. The van der Waals surface area contributed by atoms with Gasteiger partial charge in [-0.25, -0.2) is 8.42 Å². The Labute approximate surface area is 152 Å². The van der Waals surface area contributed by atoms with Crippen molar-refractivity contribution in [1.82, 2.24) is 4.31 Å². The van der Waals surface area contributed by atoms with Gasteiger partial charge in [-0.3, -0.25) is 0 Å². The maximum atomic E-state index is 12.9. The van der Waals surface area contributed by atoms with E-state index in [1.807, 2.05) is 49.4 Å². The summed E-state index contributed by atoms with van der Waals surface area (Å²) in [5.74, 6) is 0. The first-order chi connectivity index (χ1) is 10.9. The van der Waals surface area contributed by atoms with Crippen LogP contribution in [-0.2, 0) is 10.0 Å². The molecular formula is C18H20INO2S. The molecule has 0 bridgehead atoms. The van der Waals surface area contributed by atoms with Gasteiger partial charge >= 0.3 is 0 Å². The normalized spacial score (nSPS) is 11.6. The van der Waals surface area contributed by atoms with Gasteiger partial charge in [-0.2, -0.15) is 4.31 Å². The van der Waals surface area contributed by atoms with Gasteiger partial charge in [0.15, 0.2) is 0 Å². The zero-order chi connectivity index (χ0) is 16.9. The molecule has 0 amide bonds. The molecule has 0 atom stereocenters. The maximum Gasteiger partial charge on any atom is 0.243 e. The molecule has 0 aromatic heterocycles. The molecule has 0 fully saturated rings. The second-order valence-electron chi connectivity index (χ2n) is 5.31. The summed E-state index contributed by atoms with van der Waals surface area (Å²) in [6.07, 6.45) is 0. The molecule has 122 valence electrons. The van der Waals surface area contributed by atoms with E-state index in [2.05, 4.69) is 29.2 Å². The quantitative estimate of drug-likeness (QED) is 0.479. The van der Waals surface area contributed by atoms with Crippen molar-refractivity contribution in [3.05, 3.63) is 72.3 Å². The van der Waals surface area contributed by atoms with Gasteiger partial charge in [0, 0.05) is 17.5 Å². The molecule has 0 aliphatic rings. The lowest BCUT2D eigenvalue weighted by atomic mass is 10.1. The number of aryl methyl sites for hydroxylation is 1. The van der Waals surface area contributed by atoms with E-state index >= 15 is 0 Å². The third kappa shape index (κ3) is 4.65. The summed E-state index contributed by atoms with van der Waals surface area (Å²) in [6.45, 7) is 6.76. The van der Waals surface area contributed by atoms with Crippen LogP contribution in [0.15, 0.2) is 66.1 Å². The van der Waals surface area contributed by atoms with E-state index < -0.39 is 10.0 Å². The Morgan fingerprint density at radius 1 is 1.09 bits per heavy atom. The Bertz CT molecular complexity index is 755. The first-order valence-electron chi connectivity index (χ1n) is 7.31. The van der Waals surface area contributed by atoms with E-state index in [4.69, 9.17) is 0 Å². The molecule has 3 nitrogen and oxygen atoms in total. The second kappa shape index (κ2) is 8.08. The fourth-order valence-electron chi connectivity index (χ4n) is 2.22. The van der Waals surface area contributed by atoms with Crippen LogP contribution in [-0.4, -0.2) is 30.2 Å². The average molecular weight is 441 g/mol. The van der Waals surface area contributed by atoms with E-state index in [0.717, 1.165) is 21.1 Å². The van der Waals surface area contributed by atoms with Gasteiger partial charge in [-0.15, -0.1) is 0 Å². The highest BCUT2D eigenvalue weighted by molar-refractivity contribution is 14.1. The number of hydrogen-bond acceptors (Lipinski definition) is 2. The third-order valence-corrected chi connectivity index (χ3v) is 5.88. The molecule has 2 rings (SSSR count). The summed E-state index contributed by atoms with van der Waals surface area (Å²) >= 11 is 2.19. The minimum Gasteiger partial charge on any atom is -0.207 e. The largest absolute Gasteiger partial charge is 0.243 e. The smallest absolute Gasteiger partial charge is 0.207 e. The predicted molar refractivity (Wildman–Crippen MR) is 104 cm³/mol. The van der Waals surface area contributed by atoms with Crippen LogP contribution >= 0.6 is 22.6 Å². The number of hydrogen-bond donors (Lipinski definition) is 0. The van der Waals surface area contributed by atoms with Gasteiger partial charge < -0.3 is 0 Å².